The van der Waals surface area contributed by atoms with Crippen molar-refractivity contribution in [3.63, 3.8) is 0 Å². The SMILES string of the molecule is CCCC[Si](C)(C)[Si](=O)[Si](=O)[Si](=O)[Si](=O)[Si](=O)[Si](=O)O[Si](C)(C)C. The second kappa shape index (κ2) is 9.87. The Kier molecular flexibility index (Phi) is 10.0. The topological polar surface area (TPSA) is 112 Å². The van der Waals surface area contributed by atoms with Crippen molar-refractivity contribution in [2.75, 3.05) is 0 Å². The molecule has 0 unspecified atom stereocenters. The first-order chi connectivity index (χ1) is 10.7. The van der Waals surface area contributed by atoms with Gasteiger partial charge in [-0.3, -0.25) is 0 Å². The lowest BCUT2D eigenvalue weighted by Gasteiger charge is -2.17. The van der Waals surface area contributed by atoms with E-state index in [9.17, 15) is 26.8 Å². The Hall–Kier alpha value is 0.335. The van der Waals surface area contributed by atoms with Gasteiger partial charge in [0.2, 0.25) is 8.32 Å². The van der Waals surface area contributed by atoms with Crippen molar-refractivity contribution in [1.82, 2.24) is 0 Å². The second-order valence-corrected chi connectivity index (χ2v) is 46.7. The fourth-order valence-electron chi connectivity index (χ4n) is 1.77. The molecule has 0 fully saturated rings. The van der Waals surface area contributed by atoms with Crippen LogP contribution in [-0.4, -0.2) is 62.9 Å². The summed E-state index contributed by atoms with van der Waals surface area (Å²) in [4.78, 5) is 0. The van der Waals surface area contributed by atoms with Gasteiger partial charge in [0.25, 0.3) is 0 Å². The van der Waals surface area contributed by atoms with E-state index in [1.165, 1.54) is 0 Å². The van der Waals surface area contributed by atoms with E-state index in [4.69, 9.17) is 4.12 Å². The minimum Gasteiger partial charge on any atom is -0.578 e. The Morgan fingerprint density at radius 2 is 1.21 bits per heavy atom. The van der Waals surface area contributed by atoms with Crippen molar-refractivity contribution in [3.05, 3.63) is 0 Å². The lowest BCUT2D eigenvalue weighted by atomic mass is 10.4. The third kappa shape index (κ3) is 7.70. The maximum Gasteiger partial charge on any atom is 0.532 e. The Morgan fingerprint density at radius 3 is 1.62 bits per heavy atom. The normalized spacial score (nSPS) is 11.6. The third-order valence-corrected chi connectivity index (χ3v) is 55.9. The Bertz CT molecular complexity index is 593. The van der Waals surface area contributed by atoms with E-state index in [0.29, 0.717) is 6.04 Å². The molecule has 0 aliphatic carbocycles. The standard InChI is InChI=1S/C9H24O7Si8/c1-7-8-9-24(5,6)22(15)21(14)20(13)19(12)18(11)17(10)16-23(2,3)4/h7-9H2,1-6H3. The lowest BCUT2D eigenvalue weighted by Crippen LogP contribution is -2.55. The predicted octanol–water partition coefficient (Wildman–Crippen LogP) is 0.845. The van der Waals surface area contributed by atoms with Crippen LogP contribution in [0.25, 0.3) is 0 Å². The molecule has 0 radical (unpaired) electrons. The molecule has 0 aromatic carbocycles. The van der Waals surface area contributed by atoms with Crippen LogP contribution in [0.2, 0.25) is 38.8 Å². The van der Waals surface area contributed by atoms with Gasteiger partial charge in [-0.1, -0.05) is 38.9 Å². The van der Waals surface area contributed by atoms with Crippen molar-refractivity contribution >= 4 is 62.9 Å². The van der Waals surface area contributed by atoms with Gasteiger partial charge < -0.3 is 30.9 Å². The number of rotatable bonds is 11. The molecule has 0 aliphatic rings. The summed E-state index contributed by atoms with van der Waals surface area (Å²) in [6.07, 6.45) is 1.78. The van der Waals surface area contributed by atoms with E-state index in [0.717, 1.165) is 12.8 Å². The molecule has 0 atom stereocenters. The maximum absolute atomic E-state index is 12.5. The first-order valence-electron chi connectivity index (χ1n) is 7.69. The quantitative estimate of drug-likeness (QED) is 0.413. The molecule has 0 amide bonds. The molecule has 0 saturated heterocycles. The van der Waals surface area contributed by atoms with Crippen molar-refractivity contribution < 1.29 is 30.9 Å². The zero-order valence-electron chi connectivity index (χ0n) is 15.0. The van der Waals surface area contributed by atoms with Crippen molar-refractivity contribution in [3.8, 4) is 0 Å². The molecule has 134 valence electrons. The number of hydrogen-bond acceptors (Lipinski definition) is 7. The fourth-order valence-corrected chi connectivity index (χ4v) is 72.0. The molecule has 0 aromatic heterocycles. The highest BCUT2D eigenvalue weighted by Crippen LogP contribution is 2.14. The van der Waals surface area contributed by atoms with E-state index in [-0.39, 0.29) is 0 Å². The van der Waals surface area contributed by atoms with E-state index in [1.54, 1.807) is 19.6 Å². The Labute approximate surface area is 152 Å². The highest BCUT2D eigenvalue weighted by molar-refractivity contribution is 7.72. The van der Waals surface area contributed by atoms with Crippen LogP contribution in [0.4, 0.5) is 0 Å². The maximum atomic E-state index is 12.5. The minimum atomic E-state index is -3.29. The molecule has 0 rings (SSSR count). The smallest absolute Gasteiger partial charge is 0.532 e. The highest BCUT2D eigenvalue weighted by atomic mass is 30.0. The summed E-state index contributed by atoms with van der Waals surface area (Å²) in [6, 6.07) is 0.707. The highest BCUT2D eigenvalue weighted by Gasteiger charge is 2.50. The molecule has 24 heavy (non-hydrogen) atoms. The van der Waals surface area contributed by atoms with E-state index < -0.39 is 62.9 Å². The third-order valence-electron chi connectivity index (χ3n) is 3.18. The summed E-state index contributed by atoms with van der Waals surface area (Å²) in [7, 11) is -23.0. The lowest BCUT2D eigenvalue weighted by molar-refractivity contribution is 0.462. The van der Waals surface area contributed by atoms with Crippen LogP contribution in [0.5, 0.6) is 0 Å². The zero-order chi connectivity index (χ0) is 19.3. The molecule has 15 heteroatoms. The molecule has 0 saturated carbocycles. The first-order valence-corrected chi connectivity index (χ1v) is 28.7. The van der Waals surface area contributed by atoms with Crippen LogP contribution in [0.15, 0.2) is 0 Å². The number of hydrogen-bond donors (Lipinski definition) is 0. The van der Waals surface area contributed by atoms with Crippen molar-refractivity contribution in [2.45, 2.75) is 58.5 Å². The van der Waals surface area contributed by atoms with E-state index in [2.05, 4.69) is 0 Å². The molecule has 0 spiro atoms. The van der Waals surface area contributed by atoms with Crippen LogP contribution in [0.1, 0.15) is 19.8 Å². The average molecular weight is 469 g/mol. The van der Waals surface area contributed by atoms with Crippen LogP contribution in [-0.2, 0) is 30.9 Å². The predicted molar refractivity (Wildman–Crippen MR) is 100 cm³/mol. The van der Waals surface area contributed by atoms with E-state index >= 15 is 0 Å². The summed E-state index contributed by atoms with van der Waals surface area (Å²) in [5.74, 6) is 0. The summed E-state index contributed by atoms with van der Waals surface area (Å²) in [6.45, 7) is 10.9. The molecular weight excluding hydrogens is 445 g/mol. The van der Waals surface area contributed by atoms with E-state index in [1.807, 2.05) is 20.0 Å². The van der Waals surface area contributed by atoms with Crippen LogP contribution in [0.3, 0.4) is 0 Å². The summed E-state index contributed by atoms with van der Waals surface area (Å²) < 4.78 is 78.6. The Balaban J connectivity index is 5.11. The summed E-state index contributed by atoms with van der Waals surface area (Å²) >= 11 is 0. The van der Waals surface area contributed by atoms with Crippen molar-refractivity contribution in [2.24, 2.45) is 0 Å². The number of unbranched alkanes of at least 4 members (excludes halogenated alkanes) is 1. The molecule has 0 bridgehead atoms. The van der Waals surface area contributed by atoms with Crippen LogP contribution >= 0.6 is 0 Å². The second-order valence-electron chi connectivity index (χ2n) is 7.13. The van der Waals surface area contributed by atoms with Gasteiger partial charge in [-0.2, -0.15) is 0 Å². The van der Waals surface area contributed by atoms with Gasteiger partial charge in [0.15, 0.2) is 0 Å². The zero-order valence-corrected chi connectivity index (χ0v) is 23.0. The first kappa shape index (κ1) is 24.3. The molecular formula is C9H24O7Si8. The van der Waals surface area contributed by atoms with Gasteiger partial charge in [0.1, 0.15) is 7.59 Å². The van der Waals surface area contributed by atoms with Gasteiger partial charge in [0, 0.05) is 0 Å². The molecule has 0 heterocycles. The molecule has 7 nitrogen and oxygen atoms in total. The largest absolute Gasteiger partial charge is 0.578 e. The molecule has 0 N–H and O–H groups in total. The van der Waals surface area contributed by atoms with Gasteiger partial charge in [-0.15, -0.1) is 0 Å². The van der Waals surface area contributed by atoms with Gasteiger partial charge >= 0.3 is 47.0 Å². The average Bonchev–Trinajstić information content (AvgIpc) is 2.47. The van der Waals surface area contributed by atoms with Gasteiger partial charge in [0.05, 0.1) is 0 Å². The Morgan fingerprint density at radius 1 is 0.750 bits per heavy atom. The fraction of sp³-hybridized carbons (Fsp3) is 1.00. The molecule has 0 aliphatic heterocycles. The van der Waals surface area contributed by atoms with Crippen LogP contribution in [0, 0.1) is 0 Å². The van der Waals surface area contributed by atoms with Crippen LogP contribution < -0.4 is 0 Å². The van der Waals surface area contributed by atoms with Crippen molar-refractivity contribution in [1.29, 1.82) is 0 Å². The summed E-state index contributed by atoms with van der Waals surface area (Å²) in [5, 5.41) is 0. The monoisotopic (exact) mass is 468 g/mol. The van der Waals surface area contributed by atoms with Gasteiger partial charge in [-0.05, 0) is 19.6 Å². The minimum absolute atomic E-state index is 0.707. The summed E-state index contributed by atoms with van der Waals surface area (Å²) in [5.41, 5.74) is 0. The molecule has 0 aromatic rings. The van der Waals surface area contributed by atoms with Gasteiger partial charge in [-0.25, -0.2) is 0 Å².